The van der Waals surface area contributed by atoms with Crippen LogP contribution in [-0.2, 0) is 19.4 Å². The van der Waals surface area contributed by atoms with Crippen molar-refractivity contribution in [2.75, 3.05) is 13.1 Å². The van der Waals surface area contributed by atoms with Crippen molar-refractivity contribution in [3.63, 3.8) is 0 Å². The summed E-state index contributed by atoms with van der Waals surface area (Å²) in [6.07, 6.45) is 3.56. The van der Waals surface area contributed by atoms with Gasteiger partial charge in [0.25, 0.3) is 0 Å². The summed E-state index contributed by atoms with van der Waals surface area (Å²) in [5, 5.41) is 12.8. The molecule has 0 saturated heterocycles. The first-order valence-electron chi connectivity index (χ1n) is 7.75. The number of carbonyl (C=O) groups excluding carboxylic acids is 1. The maximum atomic E-state index is 12.2. The number of nitrogens with one attached hydrogen (secondary N) is 1. The summed E-state index contributed by atoms with van der Waals surface area (Å²) in [4.78, 5) is 13.8. The molecule has 4 nitrogen and oxygen atoms in total. The minimum atomic E-state index is -0.874. The Morgan fingerprint density at radius 2 is 2.05 bits per heavy atom. The van der Waals surface area contributed by atoms with Gasteiger partial charge in [0, 0.05) is 13.1 Å². The van der Waals surface area contributed by atoms with Gasteiger partial charge in [0.05, 0.1) is 12.1 Å². The highest BCUT2D eigenvalue weighted by molar-refractivity contribution is 5.74. The lowest BCUT2D eigenvalue weighted by Crippen LogP contribution is -2.46. The van der Waals surface area contributed by atoms with Crippen LogP contribution in [-0.4, -0.2) is 34.7 Å². The van der Waals surface area contributed by atoms with E-state index in [2.05, 4.69) is 23.5 Å². The Balaban J connectivity index is 1.91. The summed E-state index contributed by atoms with van der Waals surface area (Å²) in [6, 6.07) is 6.35. The van der Waals surface area contributed by atoms with Crippen LogP contribution in [0.25, 0.3) is 0 Å². The van der Waals surface area contributed by atoms with Gasteiger partial charge in [-0.05, 0) is 56.7 Å². The van der Waals surface area contributed by atoms with E-state index in [0.29, 0.717) is 19.6 Å². The Morgan fingerprint density at radius 1 is 1.33 bits per heavy atom. The van der Waals surface area contributed by atoms with E-state index in [4.69, 9.17) is 0 Å². The van der Waals surface area contributed by atoms with Crippen LogP contribution < -0.4 is 5.32 Å². The summed E-state index contributed by atoms with van der Waals surface area (Å²) < 4.78 is 0. The summed E-state index contributed by atoms with van der Waals surface area (Å²) in [7, 11) is 0. The third-order valence-electron chi connectivity index (χ3n) is 3.85. The van der Waals surface area contributed by atoms with Gasteiger partial charge in [-0.25, -0.2) is 4.79 Å². The molecular formula is C17H26N2O2. The predicted molar refractivity (Wildman–Crippen MR) is 84.2 cm³/mol. The van der Waals surface area contributed by atoms with E-state index in [0.717, 1.165) is 12.0 Å². The number of nitrogens with zero attached hydrogens (tertiary/aromatic N) is 1. The van der Waals surface area contributed by atoms with Crippen molar-refractivity contribution >= 4 is 6.03 Å². The van der Waals surface area contributed by atoms with E-state index in [9.17, 15) is 9.90 Å². The number of likely N-dealkylation sites (N-methyl/N-ethyl adjacent to an activating group) is 1. The second kappa shape index (κ2) is 6.48. The summed E-state index contributed by atoms with van der Waals surface area (Å²) in [5.41, 5.74) is 3.14. The summed E-state index contributed by atoms with van der Waals surface area (Å²) in [6.45, 7) is 6.79. The fraction of sp³-hybridized carbons (Fsp3) is 0.588. The number of aryl methyl sites for hydroxylation is 2. The van der Waals surface area contributed by atoms with Crippen molar-refractivity contribution in [1.29, 1.82) is 0 Å². The number of fused-ring (bicyclic) bond motifs is 1. The molecule has 0 saturated carbocycles. The molecule has 21 heavy (non-hydrogen) atoms. The van der Waals surface area contributed by atoms with Crippen LogP contribution in [0.4, 0.5) is 4.79 Å². The molecule has 0 bridgehead atoms. The maximum absolute atomic E-state index is 12.2. The highest BCUT2D eigenvalue weighted by atomic mass is 16.3. The van der Waals surface area contributed by atoms with Gasteiger partial charge in [-0.15, -0.1) is 0 Å². The van der Waals surface area contributed by atoms with E-state index >= 15 is 0 Å². The standard InChI is InChI=1S/C17H26N2O2/c1-4-19(12-17(2,3)21)16(20)18-11-13-8-9-14-6-5-7-15(14)10-13/h8-10,21H,4-7,11-12H2,1-3H3,(H,18,20). The normalized spacial score (nSPS) is 13.9. The van der Waals surface area contributed by atoms with E-state index in [1.54, 1.807) is 18.7 Å². The lowest BCUT2D eigenvalue weighted by molar-refractivity contribution is 0.0480. The van der Waals surface area contributed by atoms with Crippen LogP contribution in [0.5, 0.6) is 0 Å². The third-order valence-corrected chi connectivity index (χ3v) is 3.85. The first-order valence-corrected chi connectivity index (χ1v) is 7.75. The highest BCUT2D eigenvalue weighted by Crippen LogP contribution is 2.22. The Morgan fingerprint density at radius 3 is 2.71 bits per heavy atom. The van der Waals surface area contributed by atoms with Crippen molar-refractivity contribution in [2.45, 2.75) is 52.2 Å². The molecule has 0 spiro atoms. The van der Waals surface area contributed by atoms with Gasteiger partial charge in [0.15, 0.2) is 0 Å². The fourth-order valence-corrected chi connectivity index (χ4v) is 2.82. The molecule has 2 amide bonds. The molecule has 4 heteroatoms. The minimum absolute atomic E-state index is 0.125. The van der Waals surface area contributed by atoms with Gasteiger partial charge < -0.3 is 15.3 Å². The van der Waals surface area contributed by atoms with Crippen molar-refractivity contribution < 1.29 is 9.90 Å². The quantitative estimate of drug-likeness (QED) is 0.875. The molecule has 1 aliphatic carbocycles. The zero-order valence-electron chi connectivity index (χ0n) is 13.3. The number of rotatable bonds is 5. The van der Waals surface area contributed by atoms with Gasteiger partial charge in [-0.3, -0.25) is 0 Å². The zero-order chi connectivity index (χ0) is 15.5. The number of aliphatic hydroxyl groups is 1. The van der Waals surface area contributed by atoms with E-state index in [1.165, 1.54) is 24.0 Å². The molecule has 1 aromatic rings. The lowest BCUT2D eigenvalue weighted by Gasteiger charge is -2.28. The Labute approximate surface area is 127 Å². The van der Waals surface area contributed by atoms with Crippen LogP contribution in [0.15, 0.2) is 18.2 Å². The van der Waals surface area contributed by atoms with Crippen LogP contribution >= 0.6 is 0 Å². The molecule has 2 rings (SSSR count). The van der Waals surface area contributed by atoms with Gasteiger partial charge in [0.1, 0.15) is 0 Å². The Bertz CT molecular complexity index is 506. The molecule has 1 aliphatic rings. The number of hydrogen-bond donors (Lipinski definition) is 2. The van der Waals surface area contributed by atoms with Crippen LogP contribution in [0.3, 0.4) is 0 Å². The predicted octanol–water partition coefficient (Wildman–Crippen LogP) is 2.48. The van der Waals surface area contributed by atoms with Crippen molar-refractivity contribution in [3.8, 4) is 0 Å². The maximum Gasteiger partial charge on any atom is 0.317 e. The van der Waals surface area contributed by atoms with Crippen molar-refractivity contribution in [3.05, 3.63) is 34.9 Å². The molecule has 2 N–H and O–H groups in total. The Hall–Kier alpha value is -1.55. The molecule has 0 aliphatic heterocycles. The van der Waals surface area contributed by atoms with Crippen molar-refractivity contribution in [1.82, 2.24) is 10.2 Å². The highest BCUT2D eigenvalue weighted by Gasteiger charge is 2.21. The first-order chi connectivity index (χ1) is 9.89. The topological polar surface area (TPSA) is 52.6 Å². The molecule has 0 aromatic heterocycles. The van der Waals surface area contributed by atoms with Crippen LogP contribution in [0.2, 0.25) is 0 Å². The fourth-order valence-electron chi connectivity index (χ4n) is 2.82. The molecule has 1 aromatic carbocycles. The van der Waals surface area contributed by atoms with Gasteiger partial charge in [-0.2, -0.15) is 0 Å². The average molecular weight is 290 g/mol. The van der Waals surface area contributed by atoms with Crippen molar-refractivity contribution in [2.24, 2.45) is 0 Å². The molecular weight excluding hydrogens is 264 g/mol. The summed E-state index contributed by atoms with van der Waals surface area (Å²) in [5.74, 6) is 0. The largest absolute Gasteiger partial charge is 0.389 e. The smallest absolute Gasteiger partial charge is 0.317 e. The van der Waals surface area contributed by atoms with E-state index < -0.39 is 5.60 Å². The second-order valence-electron chi connectivity index (χ2n) is 6.44. The van der Waals surface area contributed by atoms with Crippen LogP contribution in [0.1, 0.15) is 43.9 Å². The first kappa shape index (κ1) is 15.8. The SMILES string of the molecule is CCN(CC(C)(C)O)C(=O)NCc1ccc2c(c1)CCC2. The number of benzene rings is 1. The zero-order valence-corrected chi connectivity index (χ0v) is 13.3. The number of urea groups is 1. The molecule has 0 radical (unpaired) electrons. The van der Waals surface area contributed by atoms with Crippen LogP contribution in [0, 0.1) is 0 Å². The van der Waals surface area contributed by atoms with Gasteiger partial charge >= 0.3 is 6.03 Å². The second-order valence-corrected chi connectivity index (χ2v) is 6.44. The summed E-state index contributed by atoms with van der Waals surface area (Å²) >= 11 is 0. The molecule has 0 atom stereocenters. The molecule has 0 heterocycles. The number of hydrogen-bond acceptors (Lipinski definition) is 2. The lowest BCUT2D eigenvalue weighted by atomic mass is 10.1. The average Bonchev–Trinajstić information content (AvgIpc) is 2.88. The minimum Gasteiger partial charge on any atom is -0.389 e. The molecule has 0 fully saturated rings. The number of carbonyl (C=O) groups is 1. The van der Waals surface area contributed by atoms with Gasteiger partial charge in [-0.1, -0.05) is 18.2 Å². The monoisotopic (exact) mass is 290 g/mol. The molecule has 116 valence electrons. The molecule has 0 unspecified atom stereocenters. The van der Waals surface area contributed by atoms with Gasteiger partial charge in [0.2, 0.25) is 0 Å². The third kappa shape index (κ3) is 4.46. The Kier molecular flexibility index (Phi) is 4.88. The van der Waals surface area contributed by atoms with E-state index in [-0.39, 0.29) is 6.03 Å². The van der Waals surface area contributed by atoms with E-state index in [1.807, 2.05) is 6.92 Å². The number of amides is 2.